The van der Waals surface area contributed by atoms with Crippen molar-refractivity contribution in [2.24, 2.45) is 5.10 Å². The van der Waals surface area contributed by atoms with Crippen molar-refractivity contribution in [3.63, 3.8) is 0 Å². The summed E-state index contributed by atoms with van der Waals surface area (Å²) >= 11 is 0. The zero-order valence-electron chi connectivity index (χ0n) is 16.6. The molecule has 1 fully saturated rings. The molecule has 1 N–H and O–H groups in total. The minimum atomic E-state index is -0.661. The predicted molar refractivity (Wildman–Crippen MR) is 112 cm³/mol. The minimum absolute atomic E-state index is 0.0958. The summed E-state index contributed by atoms with van der Waals surface area (Å²) < 4.78 is 25.0. The van der Waals surface area contributed by atoms with Gasteiger partial charge in [-0.25, -0.2) is 9.82 Å². The summed E-state index contributed by atoms with van der Waals surface area (Å²) in [7, 11) is 1.35. The molecule has 0 spiro atoms. The fourth-order valence-electron chi connectivity index (χ4n) is 3.51. The van der Waals surface area contributed by atoms with Gasteiger partial charge < -0.3 is 14.1 Å². The number of carbonyl (C=O) groups excluding carboxylic acids is 1. The number of anilines is 1. The van der Waals surface area contributed by atoms with Gasteiger partial charge in [0, 0.05) is 24.5 Å². The van der Waals surface area contributed by atoms with Crippen LogP contribution >= 0.6 is 0 Å². The van der Waals surface area contributed by atoms with E-state index in [0.717, 1.165) is 25.9 Å². The number of methoxy groups -OCH3 is 1. The van der Waals surface area contributed by atoms with Gasteiger partial charge in [-0.2, -0.15) is 5.10 Å². The number of amides is 1. The molecule has 0 radical (unpaired) electrons. The van der Waals surface area contributed by atoms with Crippen molar-refractivity contribution in [1.29, 1.82) is 0 Å². The van der Waals surface area contributed by atoms with Crippen LogP contribution < -0.4 is 15.1 Å². The number of fused-ring (bicyclic) bond motifs is 1. The molecule has 3 aromatic rings. The fourth-order valence-corrected chi connectivity index (χ4v) is 3.51. The third-order valence-electron chi connectivity index (χ3n) is 5.02. The Balaban J connectivity index is 1.48. The van der Waals surface area contributed by atoms with Crippen molar-refractivity contribution in [3.05, 3.63) is 63.7 Å². The van der Waals surface area contributed by atoms with E-state index < -0.39 is 10.8 Å². The number of nitrogens with one attached hydrogen (secondary N) is 1. The molecule has 1 aromatic heterocycles. The van der Waals surface area contributed by atoms with E-state index in [1.165, 1.54) is 37.6 Å². The molecule has 0 bridgehead atoms. The van der Waals surface area contributed by atoms with Gasteiger partial charge in [-0.3, -0.25) is 14.9 Å². The molecule has 2 heterocycles. The molecular weight excluding hydrogens is 407 g/mol. The second-order valence-corrected chi connectivity index (χ2v) is 7.04. The van der Waals surface area contributed by atoms with Gasteiger partial charge >= 0.3 is 5.91 Å². The van der Waals surface area contributed by atoms with Crippen molar-refractivity contribution < 1.29 is 23.3 Å². The highest BCUT2D eigenvalue weighted by Crippen LogP contribution is 2.33. The third-order valence-corrected chi connectivity index (χ3v) is 5.02. The Morgan fingerprint density at radius 3 is 2.74 bits per heavy atom. The highest BCUT2D eigenvalue weighted by Gasteiger charge is 2.19. The Labute approximate surface area is 176 Å². The lowest BCUT2D eigenvalue weighted by Gasteiger charge is -2.18. The van der Waals surface area contributed by atoms with Crippen LogP contribution in [0.25, 0.3) is 11.0 Å². The Morgan fingerprint density at radius 2 is 2.06 bits per heavy atom. The molecule has 1 aliphatic heterocycles. The summed E-state index contributed by atoms with van der Waals surface area (Å²) in [5, 5.41) is 15.2. The molecule has 0 saturated carbocycles. The highest BCUT2D eigenvalue weighted by molar-refractivity contribution is 5.98. The second-order valence-electron chi connectivity index (χ2n) is 7.04. The summed E-state index contributed by atoms with van der Waals surface area (Å²) in [6.07, 6.45) is 3.42. The summed E-state index contributed by atoms with van der Waals surface area (Å²) in [6, 6.07) is 8.63. The quantitative estimate of drug-likeness (QED) is 0.364. The van der Waals surface area contributed by atoms with E-state index in [9.17, 15) is 19.3 Å². The maximum atomic E-state index is 14.4. The van der Waals surface area contributed by atoms with Gasteiger partial charge in [0.25, 0.3) is 5.69 Å². The molecule has 31 heavy (non-hydrogen) atoms. The van der Waals surface area contributed by atoms with Crippen LogP contribution in [-0.4, -0.2) is 37.2 Å². The Bertz CT molecular complexity index is 1180. The minimum Gasteiger partial charge on any atom is -0.493 e. The van der Waals surface area contributed by atoms with E-state index in [-0.39, 0.29) is 28.6 Å². The molecule has 9 nitrogen and oxygen atoms in total. The molecule has 1 aliphatic rings. The lowest BCUT2D eigenvalue weighted by Crippen LogP contribution is -2.19. The topological polar surface area (TPSA) is 110 Å². The number of nitro benzene ring substituents is 1. The zero-order valence-corrected chi connectivity index (χ0v) is 16.6. The van der Waals surface area contributed by atoms with Crippen LogP contribution in [0.3, 0.4) is 0 Å². The van der Waals surface area contributed by atoms with E-state index in [4.69, 9.17) is 9.15 Å². The molecular formula is C21H19FN4O5. The fraction of sp³-hybridized carbons (Fsp3) is 0.238. The first-order valence-electron chi connectivity index (χ1n) is 9.60. The molecule has 1 amide bonds. The number of nitrogens with zero attached hydrogens (tertiary/aromatic N) is 3. The number of hydrogen-bond donors (Lipinski definition) is 1. The summed E-state index contributed by atoms with van der Waals surface area (Å²) in [4.78, 5) is 24.8. The first-order valence-corrected chi connectivity index (χ1v) is 9.60. The Kier molecular flexibility index (Phi) is 5.52. The van der Waals surface area contributed by atoms with Crippen LogP contribution in [0.5, 0.6) is 5.75 Å². The number of non-ortho nitro benzene ring substituents is 1. The largest absolute Gasteiger partial charge is 0.493 e. The van der Waals surface area contributed by atoms with Crippen molar-refractivity contribution in [1.82, 2.24) is 5.43 Å². The standard InChI is InChI=1S/C21H19FN4O5/c1-30-18-11-15(26(28)29)9-14-10-19(31-20(14)18)21(27)24-23-12-13-4-5-17(16(22)8-13)25-6-2-3-7-25/h4-5,8-12H,2-3,6-7H2,1H3,(H,24,27)/b23-12-. The highest BCUT2D eigenvalue weighted by atomic mass is 19.1. The summed E-state index contributed by atoms with van der Waals surface area (Å²) in [6.45, 7) is 1.68. The summed E-state index contributed by atoms with van der Waals surface area (Å²) in [5.74, 6) is -0.962. The van der Waals surface area contributed by atoms with Gasteiger partial charge in [0.15, 0.2) is 17.1 Å². The van der Waals surface area contributed by atoms with E-state index in [2.05, 4.69) is 10.5 Å². The monoisotopic (exact) mass is 426 g/mol. The van der Waals surface area contributed by atoms with Crippen molar-refractivity contribution in [2.75, 3.05) is 25.1 Å². The average Bonchev–Trinajstić information content (AvgIpc) is 3.43. The number of hydrazone groups is 1. The lowest BCUT2D eigenvalue weighted by molar-refractivity contribution is -0.384. The van der Waals surface area contributed by atoms with Crippen LogP contribution in [0.2, 0.25) is 0 Å². The van der Waals surface area contributed by atoms with Crippen molar-refractivity contribution in [3.8, 4) is 5.75 Å². The molecule has 10 heteroatoms. The number of nitro groups is 1. The molecule has 0 unspecified atom stereocenters. The first-order chi connectivity index (χ1) is 15.0. The number of hydrogen-bond acceptors (Lipinski definition) is 7. The number of halogens is 1. The van der Waals surface area contributed by atoms with E-state index in [1.807, 2.05) is 4.90 Å². The van der Waals surface area contributed by atoms with Gasteiger partial charge in [0.2, 0.25) is 0 Å². The van der Waals surface area contributed by atoms with Crippen molar-refractivity contribution in [2.45, 2.75) is 12.8 Å². The van der Waals surface area contributed by atoms with Crippen LogP contribution in [0.1, 0.15) is 29.0 Å². The van der Waals surface area contributed by atoms with E-state index in [0.29, 0.717) is 16.6 Å². The van der Waals surface area contributed by atoms with Gasteiger partial charge in [-0.15, -0.1) is 0 Å². The SMILES string of the molecule is COc1cc([N+](=O)[O-])cc2cc(C(=O)N/N=C\c3ccc(N4CCCC4)c(F)c3)oc12. The maximum absolute atomic E-state index is 14.4. The molecule has 1 saturated heterocycles. The van der Waals surface area contributed by atoms with Crippen LogP contribution in [0.4, 0.5) is 15.8 Å². The molecule has 4 rings (SSSR count). The van der Waals surface area contributed by atoms with Crippen molar-refractivity contribution >= 4 is 34.5 Å². The van der Waals surface area contributed by atoms with Crippen LogP contribution in [0.15, 0.2) is 45.9 Å². The predicted octanol–water partition coefficient (Wildman–Crippen LogP) is 3.85. The van der Waals surface area contributed by atoms with E-state index in [1.54, 1.807) is 12.1 Å². The first kappa shape index (κ1) is 20.3. The smallest absolute Gasteiger partial charge is 0.307 e. The molecule has 0 aliphatic carbocycles. The lowest BCUT2D eigenvalue weighted by atomic mass is 10.2. The van der Waals surface area contributed by atoms with Gasteiger partial charge in [-0.05, 0) is 36.6 Å². The Hall–Kier alpha value is -3.95. The zero-order chi connectivity index (χ0) is 22.0. The number of benzene rings is 2. The number of carbonyl (C=O) groups is 1. The Morgan fingerprint density at radius 1 is 1.29 bits per heavy atom. The number of rotatable bonds is 6. The van der Waals surface area contributed by atoms with Gasteiger partial charge in [0.1, 0.15) is 5.82 Å². The van der Waals surface area contributed by atoms with Crippen LogP contribution in [0, 0.1) is 15.9 Å². The number of furan rings is 1. The van der Waals surface area contributed by atoms with E-state index >= 15 is 0 Å². The van der Waals surface area contributed by atoms with Gasteiger partial charge in [0.05, 0.1) is 30.0 Å². The molecule has 160 valence electrons. The molecule has 0 atom stereocenters. The maximum Gasteiger partial charge on any atom is 0.307 e. The normalized spacial score (nSPS) is 13.8. The second kappa shape index (κ2) is 8.42. The summed E-state index contributed by atoms with van der Waals surface area (Å²) in [5.41, 5.74) is 3.37. The average molecular weight is 426 g/mol. The third kappa shape index (κ3) is 4.18. The molecule has 2 aromatic carbocycles. The van der Waals surface area contributed by atoms with Gasteiger partial charge in [-0.1, -0.05) is 6.07 Å². The van der Waals surface area contributed by atoms with Crippen LogP contribution in [-0.2, 0) is 0 Å². The number of ether oxygens (including phenoxy) is 1.